The van der Waals surface area contributed by atoms with Crippen LogP contribution >= 0.6 is 0 Å². The van der Waals surface area contributed by atoms with Gasteiger partial charge in [0, 0.05) is 12.8 Å². The van der Waals surface area contributed by atoms with Crippen LogP contribution < -0.4 is 0 Å². The van der Waals surface area contributed by atoms with Crippen LogP contribution in [0.1, 0.15) is 278 Å². The Kier molecular flexibility index (Phi) is 63.4. The van der Waals surface area contributed by atoms with Crippen molar-refractivity contribution in [2.24, 2.45) is 0 Å². The lowest BCUT2D eigenvalue weighted by molar-refractivity contribution is -0.166. The van der Waals surface area contributed by atoms with Gasteiger partial charge in [-0.05, 0) is 122 Å². The summed E-state index contributed by atoms with van der Waals surface area (Å²) in [6.45, 7) is 6.18. The molecule has 81 heavy (non-hydrogen) atoms. The summed E-state index contributed by atoms with van der Waals surface area (Å²) in [5.74, 6) is -1.11. The first-order valence-electron chi connectivity index (χ1n) is 33.0. The van der Waals surface area contributed by atoms with Gasteiger partial charge in [-0.1, -0.05) is 294 Å². The normalized spacial score (nSPS) is 13.2. The number of carbonyl (C=O) groups excluding carboxylic acids is 3. The first-order chi connectivity index (χ1) is 40.0. The molecule has 0 spiro atoms. The third kappa shape index (κ3) is 65.7. The van der Waals surface area contributed by atoms with Crippen LogP contribution in [-0.2, 0) is 28.6 Å². The average molecular weight is 1120 g/mol. The zero-order chi connectivity index (χ0) is 58.5. The largest absolute Gasteiger partial charge is 0.462 e. The highest BCUT2D eigenvalue weighted by molar-refractivity contribution is 5.72. The number of rotatable bonds is 58. The summed E-state index contributed by atoms with van der Waals surface area (Å²) in [5, 5.41) is 0. The van der Waals surface area contributed by atoms with Crippen molar-refractivity contribution in [2.75, 3.05) is 13.2 Å². The fraction of sp³-hybridized carbons (Fsp3) is 0.613. The Morgan fingerprint density at radius 2 is 0.481 bits per heavy atom. The topological polar surface area (TPSA) is 78.9 Å². The number of unbranched alkanes of at least 4 members (excludes halogenated alkanes) is 22. The average Bonchev–Trinajstić information content (AvgIpc) is 3.47. The van der Waals surface area contributed by atoms with E-state index < -0.39 is 12.1 Å². The van der Waals surface area contributed by atoms with Crippen molar-refractivity contribution in [3.63, 3.8) is 0 Å². The molecular weight excluding hydrogens is 997 g/mol. The van der Waals surface area contributed by atoms with E-state index in [1.165, 1.54) is 116 Å². The molecule has 1 atom stereocenters. The maximum Gasteiger partial charge on any atom is 0.310 e. The molecule has 0 N–H and O–H groups in total. The second kappa shape index (κ2) is 67.5. The monoisotopic (exact) mass is 1120 g/mol. The zero-order valence-electron chi connectivity index (χ0n) is 52.2. The van der Waals surface area contributed by atoms with Crippen molar-refractivity contribution in [3.05, 3.63) is 158 Å². The van der Waals surface area contributed by atoms with Crippen molar-refractivity contribution >= 4 is 17.9 Å². The van der Waals surface area contributed by atoms with E-state index in [2.05, 4.69) is 167 Å². The van der Waals surface area contributed by atoms with E-state index in [1.54, 1.807) is 6.08 Å². The summed E-state index contributed by atoms with van der Waals surface area (Å²) in [6, 6.07) is 0. The molecule has 0 aromatic carbocycles. The third-order valence-electron chi connectivity index (χ3n) is 13.5. The molecule has 0 fully saturated rings. The van der Waals surface area contributed by atoms with Gasteiger partial charge in [-0.25, -0.2) is 0 Å². The Morgan fingerprint density at radius 3 is 0.778 bits per heavy atom. The number of hydrogen-bond acceptors (Lipinski definition) is 6. The van der Waals surface area contributed by atoms with Gasteiger partial charge in [0.1, 0.15) is 13.2 Å². The van der Waals surface area contributed by atoms with Gasteiger partial charge >= 0.3 is 17.9 Å². The predicted molar refractivity (Wildman–Crippen MR) is 352 cm³/mol. The third-order valence-corrected chi connectivity index (χ3v) is 13.5. The van der Waals surface area contributed by atoms with Gasteiger partial charge < -0.3 is 14.2 Å². The molecule has 0 saturated heterocycles. The van der Waals surface area contributed by atoms with Crippen LogP contribution in [0.5, 0.6) is 0 Å². The second-order valence-electron chi connectivity index (χ2n) is 21.2. The van der Waals surface area contributed by atoms with Crippen LogP contribution in [0, 0.1) is 0 Å². The SMILES string of the molecule is CC/C=C\C/C=C\C/C=C\C/C=C\C/C=C\CC(=O)OC(COC(=O)CCCC/C=C\C/C=C\C/C=C\C/C=C\CC)COC(=O)CCCCCCCCCCCCCCCCCCCCCC/C=C\C/C=C\C/C=C\C/C=C\CC. The summed E-state index contributed by atoms with van der Waals surface area (Å²) in [6.07, 6.45) is 98.8. The fourth-order valence-corrected chi connectivity index (χ4v) is 8.74. The molecule has 6 heteroatoms. The minimum atomic E-state index is -0.855. The van der Waals surface area contributed by atoms with Gasteiger partial charge in [0.2, 0.25) is 0 Å². The molecule has 0 radical (unpaired) electrons. The van der Waals surface area contributed by atoms with Gasteiger partial charge in [0.05, 0.1) is 6.42 Å². The van der Waals surface area contributed by atoms with Crippen LogP contribution in [-0.4, -0.2) is 37.2 Å². The van der Waals surface area contributed by atoms with Crippen LogP contribution in [0.2, 0.25) is 0 Å². The van der Waals surface area contributed by atoms with Crippen molar-refractivity contribution in [3.8, 4) is 0 Å². The summed E-state index contributed by atoms with van der Waals surface area (Å²) >= 11 is 0. The van der Waals surface area contributed by atoms with Gasteiger partial charge in [-0.15, -0.1) is 0 Å². The molecule has 0 aliphatic heterocycles. The Balaban J connectivity index is 4.27. The standard InChI is InChI=1S/C75H120O6/c1-4-7-10-13-16-19-22-25-28-29-30-31-32-33-34-35-36-37-38-39-40-41-42-43-44-45-48-50-53-56-59-62-65-68-74(77)80-71-72(81-75(78)69-66-63-60-57-54-51-47-27-24-21-18-15-12-9-6-3)70-79-73(76)67-64-61-58-55-52-49-46-26-23-20-17-14-11-8-5-2/h7-12,16-21,25-28,30-31,46-47,52,54-55,57,63,66,72H,4-6,13-15,22-24,29,32-45,48-51,53,56,58-62,64-65,67-71H2,1-3H3/b10-7-,11-8-,12-9-,19-16-,20-17-,21-18-,28-25-,31-30-,46-26-,47-27-,55-52-,57-54-,66-63-. The van der Waals surface area contributed by atoms with Gasteiger partial charge in [-0.2, -0.15) is 0 Å². The summed E-state index contributed by atoms with van der Waals surface area (Å²) in [5.41, 5.74) is 0. The molecule has 0 aliphatic carbocycles. The van der Waals surface area contributed by atoms with Crippen molar-refractivity contribution in [1.29, 1.82) is 0 Å². The lowest BCUT2D eigenvalue weighted by Crippen LogP contribution is -2.30. The first kappa shape index (κ1) is 76.0. The molecule has 6 nitrogen and oxygen atoms in total. The maximum absolute atomic E-state index is 12.8. The van der Waals surface area contributed by atoms with E-state index in [0.29, 0.717) is 19.3 Å². The predicted octanol–water partition coefficient (Wildman–Crippen LogP) is 22.9. The van der Waals surface area contributed by atoms with Crippen molar-refractivity contribution < 1.29 is 28.6 Å². The summed E-state index contributed by atoms with van der Waals surface area (Å²) in [4.78, 5) is 38.2. The lowest BCUT2D eigenvalue weighted by atomic mass is 10.0. The van der Waals surface area contributed by atoms with E-state index >= 15 is 0 Å². The fourth-order valence-electron chi connectivity index (χ4n) is 8.74. The number of hydrogen-bond donors (Lipinski definition) is 0. The summed E-state index contributed by atoms with van der Waals surface area (Å²) < 4.78 is 16.8. The molecule has 0 saturated carbocycles. The zero-order valence-corrected chi connectivity index (χ0v) is 52.2. The molecule has 0 rings (SSSR count). The van der Waals surface area contributed by atoms with Gasteiger partial charge in [0.15, 0.2) is 6.10 Å². The van der Waals surface area contributed by atoms with Crippen molar-refractivity contribution in [2.45, 2.75) is 284 Å². The van der Waals surface area contributed by atoms with Crippen LogP contribution in [0.4, 0.5) is 0 Å². The number of carbonyl (C=O) groups is 3. The highest BCUT2D eigenvalue weighted by Gasteiger charge is 2.19. The quantitative estimate of drug-likeness (QED) is 0.0261. The number of esters is 3. The number of ether oxygens (including phenoxy) is 3. The molecule has 0 heterocycles. The Morgan fingerprint density at radius 1 is 0.259 bits per heavy atom. The van der Waals surface area contributed by atoms with E-state index in [0.717, 1.165) is 109 Å². The van der Waals surface area contributed by atoms with Gasteiger partial charge in [0.25, 0.3) is 0 Å². The molecule has 0 bridgehead atoms. The smallest absolute Gasteiger partial charge is 0.310 e. The minimum Gasteiger partial charge on any atom is -0.462 e. The highest BCUT2D eigenvalue weighted by atomic mass is 16.6. The van der Waals surface area contributed by atoms with E-state index in [-0.39, 0.29) is 38.0 Å². The lowest BCUT2D eigenvalue weighted by Gasteiger charge is -2.18. The molecule has 0 aromatic rings. The molecule has 0 amide bonds. The van der Waals surface area contributed by atoms with Gasteiger partial charge in [-0.3, -0.25) is 14.4 Å². The highest BCUT2D eigenvalue weighted by Crippen LogP contribution is 2.16. The first-order valence-corrected chi connectivity index (χ1v) is 33.0. The molecule has 0 aliphatic rings. The van der Waals surface area contributed by atoms with E-state index in [9.17, 15) is 14.4 Å². The second-order valence-corrected chi connectivity index (χ2v) is 21.2. The van der Waals surface area contributed by atoms with Crippen LogP contribution in [0.15, 0.2) is 158 Å². The molecular formula is C75H120O6. The van der Waals surface area contributed by atoms with Crippen molar-refractivity contribution in [1.82, 2.24) is 0 Å². The number of allylic oxidation sites excluding steroid dienone is 25. The Labute approximate surface area is 499 Å². The Hall–Kier alpha value is -4.97. The van der Waals surface area contributed by atoms with Crippen LogP contribution in [0.3, 0.4) is 0 Å². The minimum absolute atomic E-state index is 0.0829. The van der Waals surface area contributed by atoms with E-state index in [4.69, 9.17) is 14.2 Å². The summed E-state index contributed by atoms with van der Waals surface area (Å²) in [7, 11) is 0. The molecule has 0 aromatic heterocycles. The Bertz CT molecular complexity index is 1810. The molecule has 1 unspecified atom stereocenters. The molecule has 456 valence electrons. The van der Waals surface area contributed by atoms with Crippen LogP contribution in [0.25, 0.3) is 0 Å². The van der Waals surface area contributed by atoms with E-state index in [1.807, 2.05) is 6.08 Å². The maximum atomic E-state index is 12.8.